The number of benzene rings is 1. The average Bonchev–Trinajstić information content (AvgIpc) is 3.47. The van der Waals surface area contributed by atoms with E-state index in [2.05, 4.69) is 14.8 Å². The van der Waals surface area contributed by atoms with Gasteiger partial charge in [0.15, 0.2) is 5.84 Å². The Balaban J connectivity index is 1.21. The summed E-state index contributed by atoms with van der Waals surface area (Å²) in [6, 6.07) is 6.26. The van der Waals surface area contributed by atoms with Gasteiger partial charge in [0, 0.05) is 38.2 Å². The van der Waals surface area contributed by atoms with E-state index in [1.165, 1.54) is 4.68 Å². The van der Waals surface area contributed by atoms with Crippen molar-refractivity contribution in [1.82, 2.24) is 24.6 Å². The number of amidine groups is 1. The predicted molar refractivity (Wildman–Crippen MR) is 117 cm³/mol. The Kier molecular flexibility index (Phi) is 5.36. The number of nitrogens with one attached hydrogen (secondary N) is 1. The number of hydrogen-bond donors (Lipinski definition) is 1. The van der Waals surface area contributed by atoms with E-state index in [-0.39, 0.29) is 16.5 Å². The van der Waals surface area contributed by atoms with Gasteiger partial charge in [0.1, 0.15) is 16.8 Å². The smallest absolute Gasteiger partial charge is 0.345 e. The molecule has 11 heteroatoms. The molecule has 0 spiro atoms. The number of likely N-dealkylation sites (tertiary alicyclic amines) is 1. The Bertz CT molecular complexity index is 1250. The SMILES string of the molecule is O=C(NCCCn1nc2n(c1=O)CCCC2)[C@@H]1CCCN1C1=NS(=O)(=O)c2ccccc21. The Morgan fingerprint density at radius 2 is 2.00 bits per heavy atom. The van der Waals surface area contributed by atoms with Gasteiger partial charge >= 0.3 is 5.69 Å². The summed E-state index contributed by atoms with van der Waals surface area (Å²) in [5.74, 6) is 1.05. The monoisotopic (exact) mass is 458 g/mol. The Labute approximate surface area is 186 Å². The number of aromatic nitrogens is 3. The lowest BCUT2D eigenvalue weighted by Gasteiger charge is -2.25. The molecule has 5 rings (SSSR count). The highest BCUT2D eigenvalue weighted by Crippen LogP contribution is 2.31. The number of fused-ring (bicyclic) bond motifs is 2. The standard InChI is InChI=1S/C21H26N6O4S/c28-20(22-11-6-14-27-21(29)26-12-4-3-10-18(26)23-27)16-8-5-13-25(16)19-15-7-1-2-9-17(15)32(30,31)24-19/h1-2,7,9,16H,3-6,8,10-14H2,(H,22,28)/t16-/m0/s1. The topological polar surface area (TPSA) is 119 Å². The van der Waals surface area contributed by atoms with E-state index in [4.69, 9.17) is 0 Å². The lowest BCUT2D eigenvalue weighted by atomic mass is 10.1. The van der Waals surface area contributed by atoms with Crippen molar-refractivity contribution in [1.29, 1.82) is 0 Å². The number of amides is 1. The molecule has 1 atom stereocenters. The van der Waals surface area contributed by atoms with Crippen molar-refractivity contribution < 1.29 is 13.2 Å². The van der Waals surface area contributed by atoms with Crippen LogP contribution in [0.2, 0.25) is 0 Å². The van der Waals surface area contributed by atoms with Crippen molar-refractivity contribution in [2.75, 3.05) is 13.1 Å². The third-order valence-electron chi connectivity index (χ3n) is 6.32. The molecular weight excluding hydrogens is 432 g/mol. The highest BCUT2D eigenvalue weighted by molar-refractivity contribution is 7.90. The van der Waals surface area contributed by atoms with Crippen molar-refractivity contribution in [3.05, 3.63) is 46.1 Å². The summed E-state index contributed by atoms with van der Waals surface area (Å²) in [7, 11) is -3.73. The van der Waals surface area contributed by atoms with E-state index in [1.54, 1.807) is 33.7 Å². The third kappa shape index (κ3) is 3.64. The van der Waals surface area contributed by atoms with E-state index in [1.807, 2.05) is 0 Å². The van der Waals surface area contributed by atoms with Crippen LogP contribution < -0.4 is 11.0 Å². The second-order valence-corrected chi connectivity index (χ2v) is 9.99. The van der Waals surface area contributed by atoms with Crippen LogP contribution in [-0.4, -0.2) is 58.5 Å². The van der Waals surface area contributed by atoms with Crippen LogP contribution in [0, 0.1) is 0 Å². The zero-order valence-corrected chi connectivity index (χ0v) is 18.6. The van der Waals surface area contributed by atoms with Crippen LogP contribution in [-0.2, 0) is 34.3 Å². The second-order valence-electron chi connectivity index (χ2n) is 8.41. The first-order chi connectivity index (χ1) is 15.5. The predicted octanol–water partition coefficient (Wildman–Crippen LogP) is 0.501. The van der Waals surface area contributed by atoms with Gasteiger partial charge in [-0.05, 0) is 44.2 Å². The Morgan fingerprint density at radius 1 is 1.16 bits per heavy atom. The molecule has 10 nitrogen and oxygen atoms in total. The minimum absolute atomic E-state index is 0.0767. The fourth-order valence-electron chi connectivity index (χ4n) is 4.74. The molecule has 0 unspecified atom stereocenters. The molecular formula is C21H26N6O4S. The first kappa shape index (κ1) is 20.9. The van der Waals surface area contributed by atoms with Crippen LogP contribution in [0.15, 0.2) is 38.4 Å². The number of rotatable bonds is 5. The summed E-state index contributed by atoms with van der Waals surface area (Å²) < 4.78 is 32.0. The maximum absolute atomic E-state index is 12.9. The van der Waals surface area contributed by atoms with Gasteiger partial charge in [0.2, 0.25) is 5.91 Å². The molecule has 32 heavy (non-hydrogen) atoms. The van der Waals surface area contributed by atoms with Gasteiger partial charge in [0.05, 0.1) is 0 Å². The first-order valence-electron chi connectivity index (χ1n) is 11.1. The van der Waals surface area contributed by atoms with Crippen molar-refractivity contribution in [2.45, 2.75) is 62.6 Å². The van der Waals surface area contributed by atoms with Crippen LogP contribution in [0.4, 0.5) is 0 Å². The van der Waals surface area contributed by atoms with Gasteiger partial charge in [-0.15, -0.1) is 4.40 Å². The summed E-state index contributed by atoms with van der Waals surface area (Å²) in [6.45, 7) is 2.17. The molecule has 3 aliphatic rings. The van der Waals surface area contributed by atoms with Crippen molar-refractivity contribution in [3.63, 3.8) is 0 Å². The molecule has 1 aromatic carbocycles. The summed E-state index contributed by atoms with van der Waals surface area (Å²) in [4.78, 5) is 27.3. The highest BCUT2D eigenvalue weighted by atomic mass is 32.2. The zero-order valence-electron chi connectivity index (χ0n) is 17.7. The summed E-state index contributed by atoms with van der Waals surface area (Å²) in [6.07, 6.45) is 4.91. The van der Waals surface area contributed by atoms with Crippen LogP contribution in [0.1, 0.15) is 43.5 Å². The van der Waals surface area contributed by atoms with Crippen molar-refractivity contribution in [2.24, 2.45) is 4.40 Å². The minimum Gasteiger partial charge on any atom is -0.354 e. The van der Waals surface area contributed by atoms with Crippen LogP contribution >= 0.6 is 0 Å². The number of carbonyl (C=O) groups is 1. The molecule has 2 aromatic rings. The summed E-state index contributed by atoms with van der Waals surface area (Å²) in [5, 5.41) is 7.36. The van der Waals surface area contributed by atoms with Gasteiger partial charge in [-0.25, -0.2) is 9.48 Å². The molecule has 0 radical (unpaired) electrons. The maximum atomic E-state index is 12.9. The first-order valence-corrected chi connectivity index (χ1v) is 12.5. The molecule has 0 bridgehead atoms. The number of sulfonamides is 1. The molecule has 1 amide bonds. The fraction of sp³-hybridized carbons (Fsp3) is 0.524. The van der Waals surface area contributed by atoms with Crippen LogP contribution in [0.5, 0.6) is 0 Å². The Morgan fingerprint density at radius 3 is 2.84 bits per heavy atom. The van der Waals surface area contributed by atoms with Gasteiger partial charge in [-0.2, -0.15) is 13.5 Å². The second kappa shape index (κ2) is 8.19. The zero-order chi connectivity index (χ0) is 22.3. The minimum atomic E-state index is -3.73. The molecule has 170 valence electrons. The molecule has 1 aromatic heterocycles. The summed E-state index contributed by atoms with van der Waals surface area (Å²) >= 11 is 0. The van der Waals surface area contributed by atoms with E-state index in [9.17, 15) is 18.0 Å². The van der Waals surface area contributed by atoms with Crippen molar-refractivity contribution >= 4 is 21.8 Å². The molecule has 0 saturated carbocycles. The van der Waals surface area contributed by atoms with Gasteiger partial charge in [-0.1, -0.05) is 12.1 Å². The fourth-order valence-corrected chi connectivity index (χ4v) is 5.96. The van der Waals surface area contributed by atoms with Crippen LogP contribution in [0.25, 0.3) is 0 Å². The average molecular weight is 459 g/mol. The highest BCUT2D eigenvalue weighted by Gasteiger charge is 2.39. The molecule has 1 saturated heterocycles. The molecule has 1 fully saturated rings. The largest absolute Gasteiger partial charge is 0.354 e. The van der Waals surface area contributed by atoms with Gasteiger partial charge in [-0.3, -0.25) is 9.36 Å². The third-order valence-corrected chi connectivity index (χ3v) is 7.64. The molecule has 0 aliphatic carbocycles. The summed E-state index contributed by atoms with van der Waals surface area (Å²) in [5.41, 5.74) is 0.474. The van der Waals surface area contributed by atoms with Crippen LogP contribution in [0.3, 0.4) is 0 Å². The lowest BCUT2D eigenvalue weighted by molar-refractivity contribution is -0.124. The van der Waals surface area contributed by atoms with E-state index < -0.39 is 16.1 Å². The molecule has 3 aliphatic heterocycles. The van der Waals surface area contributed by atoms with E-state index in [0.29, 0.717) is 43.9 Å². The Hall–Kier alpha value is -2.95. The molecule has 1 N–H and O–H groups in total. The number of aryl methyl sites for hydroxylation is 2. The quantitative estimate of drug-likeness (QED) is 0.652. The molecule has 4 heterocycles. The number of nitrogens with zero attached hydrogens (tertiary/aromatic N) is 5. The normalized spacial score (nSPS) is 21.2. The maximum Gasteiger partial charge on any atom is 0.345 e. The van der Waals surface area contributed by atoms with E-state index >= 15 is 0 Å². The van der Waals surface area contributed by atoms with Gasteiger partial charge in [0.25, 0.3) is 10.0 Å². The number of hydrogen-bond acceptors (Lipinski definition) is 6. The lowest BCUT2D eigenvalue weighted by Crippen LogP contribution is -2.46. The van der Waals surface area contributed by atoms with Crippen molar-refractivity contribution in [3.8, 4) is 0 Å². The number of carbonyl (C=O) groups excluding carboxylic acids is 1. The van der Waals surface area contributed by atoms with Gasteiger partial charge < -0.3 is 10.2 Å². The van der Waals surface area contributed by atoms with E-state index in [0.717, 1.165) is 38.1 Å².